The number of rotatable bonds is 9. The Kier molecular flexibility index (Phi) is 7.23. The maximum Gasteiger partial charge on any atom is 0.310 e. The molecule has 0 spiro atoms. The third-order valence-electron chi connectivity index (χ3n) is 4.12. The Hall–Kier alpha value is -3.02. The van der Waals surface area contributed by atoms with E-state index < -0.39 is 5.97 Å². The summed E-state index contributed by atoms with van der Waals surface area (Å²) in [6, 6.07) is 10.6. The Morgan fingerprint density at radius 1 is 0.852 bits per heavy atom. The maximum atomic E-state index is 12.2. The number of ether oxygens (including phenoxy) is 4. The number of benzene rings is 2. The zero-order valence-electron chi connectivity index (χ0n) is 16.0. The van der Waals surface area contributed by atoms with E-state index in [9.17, 15) is 9.59 Å². The largest absolute Gasteiger partial charge is 0.493 e. The van der Waals surface area contributed by atoms with Crippen molar-refractivity contribution in [3.63, 3.8) is 0 Å². The minimum absolute atomic E-state index is 0.0151. The number of methoxy groups -OCH3 is 3. The first-order valence-electron chi connectivity index (χ1n) is 8.59. The number of aryl methyl sites for hydroxylation is 1. The van der Waals surface area contributed by atoms with Crippen LogP contribution in [-0.2, 0) is 22.4 Å². The normalized spacial score (nSPS) is 10.2. The summed E-state index contributed by atoms with van der Waals surface area (Å²) in [6.07, 6.45) is 0.886. The molecule has 0 atom stereocenters. The molecule has 0 unspecified atom stereocenters. The molecule has 2 rings (SSSR count). The number of hydrogen-bond donors (Lipinski definition) is 0. The fourth-order valence-corrected chi connectivity index (χ4v) is 2.61. The van der Waals surface area contributed by atoms with Crippen LogP contribution in [0.1, 0.15) is 28.4 Å². The number of carbonyl (C=O) groups excluding carboxylic acids is 2. The summed E-state index contributed by atoms with van der Waals surface area (Å²) < 4.78 is 20.9. The van der Waals surface area contributed by atoms with E-state index in [1.807, 2.05) is 19.1 Å². The topological polar surface area (TPSA) is 71.1 Å². The zero-order valence-corrected chi connectivity index (χ0v) is 16.0. The molecule has 6 heteroatoms. The molecule has 0 radical (unpaired) electrons. The summed E-state index contributed by atoms with van der Waals surface area (Å²) in [7, 11) is 4.51. The SMILES string of the molecule is CCc1ccc(C(=O)COC(=O)Cc2cc(OC)c(OC)c(OC)c2)cc1. The highest BCUT2D eigenvalue weighted by atomic mass is 16.5. The molecule has 0 saturated heterocycles. The lowest BCUT2D eigenvalue weighted by Crippen LogP contribution is -2.16. The van der Waals surface area contributed by atoms with Gasteiger partial charge in [-0.2, -0.15) is 0 Å². The van der Waals surface area contributed by atoms with Gasteiger partial charge in [-0.1, -0.05) is 31.2 Å². The summed E-state index contributed by atoms with van der Waals surface area (Å²) in [5, 5.41) is 0. The molecule has 27 heavy (non-hydrogen) atoms. The van der Waals surface area contributed by atoms with E-state index in [0.717, 1.165) is 12.0 Å². The molecule has 0 aromatic heterocycles. The second-order valence-electron chi connectivity index (χ2n) is 5.84. The molecule has 2 aromatic rings. The monoisotopic (exact) mass is 372 g/mol. The number of esters is 1. The quantitative estimate of drug-likeness (QED) is 0.497. The van der Waals surface area contributed by atoms with Crippen LogP contribution in [0, 0.1) is 0 Å². The molecule has 0 aliphatic heterocycles. The molecular formula is C21H24O6. The fourth-order valence-electron chi connectivity index (χ4n) is 2.61. The van der Waals surface area contributed by atoms with Crippen LogP contribution in [-0.4, -0.2) is 39.7 Å². The van der Waals surface area contributed by atoms with E-state index in [-0.39, 0.29) is 18.8 Å². The third-order valence-corrected chi connectivity index (χ3v) is 4.12. The lowest BCUT2D eigenvalue weighted by atomic mass is 10.1. The van der Waals surface area contributed by atoms with Gasteiger partial charge in [0.1, 0.15) is 0 Å². The predicted octanol–water partition coefficient (Wildman–Crippen LogP) is 3.24. The van der Waals surface area contributed by atoms with Gasteiger partial charge in [0, 0.05) is 5.56 Å². The Balaban J connectivity index is 1.99. The summed E-state index contributed by atoms with van der Waals surface area (Å²) in [6.45, 7) is 1.75. The third kappa shape index (κ3) is 5.23. The van der Waals surface area contributed by atoms with E-state index in [4.69, 9.17) is 18.9 Å². The van der Waals surface area contributed by atoms with Gasteiger partial charge < -0.3 is 18.9 Å². The summed E-state index contributed by atoms with van der Waals surface area (Å²) in [5.74, 6) is 0.597. The van der Waals surface area contributed by atoms with Gasteiger partial charge in [-0.05, 0) is 29.7 Å². The molecule has 0 aliphatic carbocycles. The predicted molar refractivity (Wildman–Crippen MR) is 101 cm³/mol. The molecule has 0 heterocycles. The highest BCUT2D eigenvalue weighted by molar-refractivity contribution is 5.98. The lowest BCUT2D eigenvalue weighted by Gasteiger charge is -2.14. The first-order chi connectivity index (χ1) is 13.0. The second-order valence-corrected chi connectivity index (χ2v) is 5.84. The second kappa shape index (κ2) is 9.62. The Morgan fingerprint density at radius 2 is 1.44 bits per heavy atom. The molecule has 144 valence electrons. The fraction of sp³-hybridized carbons (Fsp3) is 0.333. The van der Waals surface area contributed by atoms with Crippen molar-refractivity contribution in [1.82, 2.24) is 0 Å². The Morgan fingerprint density at radius 3 is 1.93 bits per heavy atom. The van der Waals surface area contributed by atoms with E-state index in [1.54, 1.807) is 24.3 Å². The summed E-state index contributed by atoms with van der Waals surface area (Å²) in [4.78, 5) is 24.3. The summed E-state index contributed by atoms with van der Waals surface area (Å²) >= 11 is 0. The van der Waals surface area contributed by atoms with E-state index >= 15 is 0 Å². The molecule has 0 N–H and O–H groups in total. The standard InChI is InChI=1S/C21H24O6/c1-5-14-6-8-16(9-7-14)17(22)13-27-20(23)12-15-10-18(24-2)21(26-4)19(11-15)25-3/h6-11H,5,12-13H2,1-4H3. The maximum absolute atomic E-state index is 12.2. The van der Waals surface area contributed by atoms with E-state index in [2.05, 4.69) is 0 Å². The average Bonchev–Trinajstić information content (AvgIpc) is 2.71. The van der Waals surface area contributed by atoms with Crippen molar-refractivity contribution in [2.24, 2.45) is 0 Å². The summed E-state index contributed by atoms with van der Waals surface area (Å²) in [5.41, 5.74) is 2.30. The smallest absolute Gasteiger partial charge is 0.310 e. The van der Waals surface area contributed by atoms with Crippen LogP contribution in [0.3, 0.4) is 0 Å². The molecular weight excluding hydrogens is 348 g/mol. The van der Waals surface area contributed by atoms with Crippen LogP contribution < -0.4 is 14.2 Å². The molecule has 0 amide bonds. The first-order valence-corrected chi connectivity index (χ1v) is 8.59. The lowest BCUT2D eigenvalue weighted by molar-refractivity contribution is -0.141. The van der Waals surface area contributed by atoms with Crippen LogP contribution in [0.4, 0.5) is 0 Å². The highest BCUT2D eigenvalue weighted by Crippen LogP contribution is 2.38. The van der Waals surface area contributed by atoms with E-state index in [0.29, 0.717) is 28.4 Å². The first kappa shape index (κ1) is 20.3. The van der Waals surface area contributed by atoms with Gasteiger partial charge in [0.25, 0.3) is 0 Å². The minimum Gasteiger partial charge on any atom is -0.493 e. The van der Waals surface area contributed by atoms with Crippen LogP contribution in [0.15, 0.2) is 36.4 Å². The van der Waals surface area contributed by atoms with Gasteiger partial charge in [0.05, 0.1) is 27.8 Å². The van der Waals surface area contributed by atoms with Crippen molar-refractivity contribution in [3.8, 4) is 17.2 Å². The number of ketones is 1. The molecule has 2 aromatic carbocycles. The van der Waals surface area contributed by atoms with Crippen molar-refractivity contribution in [1.29, 1.82) is 0 Å². The van der Waals surface area contributed by atoms with Crippen LogP contribution in [0.25, 0.3) is 0 Å². The number of Topliss-reactive ketones (excluding diaryl/α,β-unsaturated/α-hetero) is 1. The number of hydrogen-bond acceptors (Lipinski definition) is 6. The van der Waals surface area contributed by atoms with Gasteiger partial charge in [-0.3, -0.25) is 9.59 Å². The highest BCUT2D eigenvalue weighted by Gasteiger charge is 2.16. The molecule has 0 saturated carbocycles. The van der Waals surface area contributed by atoms with Gasteiger partial charge >= 0.3 is 5.97 Å². The number of carbonyl (C=O) groups is 2. The zero-order chi connectivity index (χ0) is 19.8. The van der Waals surface area contributed by atoms with Gasteiger partial charge in [-0.25, -0.2) is 0 Å². The van der Waals surface area contributed by atoms with Gasteiger partial charge in [0.15, 0.2) is 23.9 Å². The Bertz CT molecular complexity index is 770. The molecule has 0 bridgehead atoms. The average molecular weight is 372 g/mol. The van der Waals surface area contributed by atoms with Crippen molar-refractivity contribution in [2.75, 3.05) is 27.9 Å². The van der Waals surface area contributed by atoms with Crippen molar-refractivity contribution in [3.05, 3.63) is 53.1 Å². The van der Waals surface area contributed by atoms with Gasteiger partial charge in [0.2, 0.25) is 5.75 Å². The van der Waals surface area contributed by atoms with E-state index in [1.165, 1.54) is 21.3 Å². The molecule has 0 aliphatic rings. The molecule has 6 nitrogen and oxygen atoms in total. The van der Waals surface area contributed by atoms with Crippen molar-refractivity contribution in [2.45, 2.75) is 19.8 Å². The van der Waals surface area contributed by atoms with Crippen LogP contribution >= 0.6 is 0 Å². The molecule has 0 fully saturated rings. The van der Waals surface area contributed by atoms with Gasteiger partial charge in [-0.15, -0.1) is 0 Å². The van der Waals surface area contributed by atoms with Crippen LogP contribution in [0.5, 0.6) is 17.2 Å². The van der Waals surface area contributed by atoms with Crippen molar-refractivity contribution < 1.29 is 28.5 Å². The van der Waals surface area contributed by atoms with Crippen LogP contribution in [0.2, 0.25) is 0 Å². The minimum atomic E-state index is -0.511. The van der Waals surface area contributed by atoms with Crippen molar-refractivity contribution >= 4 is 11.8 Å². The Labute approximate surface area is 159 Å².